The number of rotatable bonds is 7. The Balaban J connectivity index is 1.74. The van der Waals surface area contributed by atoms with Crippen LogP contribution in [0.3, 0.4) is 0 Å². The topological polar surface area (TPSA) is 117 Å². The van der Waals surface area contributed by atoms with E-state index >= 15 is 0 Å². The van der Waals surface area contributed by atoms with Crippen LogP contribution in [0.25, 0.3) is 11.2 Å². The normalized spacial score (nSPS) is 18.6. The van der Waals surface area contributed by atoms with Gasteiger partial charge in [-0.1, -0.05) is 42.0 Å². The number of allylic oxidation sites excluding steroid dienone is 2. The van der Waals surface area contributed by atoms with Gasteiger partial charge < -0.3 is 19.9 Å². The molecule has 2 fully saturated rings. The highest BCUT2D eigenvalue weighted by Gasteiger charge is 2.30. The number of hydrogen-bond donors (Lipinski definition) is 1. The summed E-state index contributed by atoms with van der Waals surface area (Å²) in [5, 5.41) is 0. The fraction of sp³-hybridized carbons (Fsp3) is 0.500. The highest BCUT2D eigenvalue weighted by Crippen LogP contribution is 2.27. The van der Waals surface area contributed by atoms with Gasteiger partial charge in [0, 0.05) is 50.5 Å². The predicted molar refractivity (Wildman–Crippen MR) is 147 cm³/mol. The van der Waals surface area contributed by atoms with E-state index in [1.54, 1.807) is 28.8 Å². The number of anilines is 1. The molecular weight excluding hydrogens is 484 g/mol. The van der Waals surface area contributed by atoms with E-state index in [0.29, 0.717) is 61.8 Å². The average Bonchev–Trinajstić information content (AvgIpc) is 3.30. The number of carbonyl (C=O) groups excluding carboxylic acids is 1. The number of piperidine rings is 1. The molecule has 1 aromatic carbocycles. The average molecular weight is 521 g/mol. The van der Waals surface area contributed by atoms with E-state index in [2.05, 4.69) is 4.90 Å². The fourth-order valence-electron chi connectivity index (χ4n) is 5.39. The van der Waals surface area contributed by atoms with Crippen LogP contribution in [0.5, 0.6) is 0 Å². The van der Waals surface area contributed by atoms with E-state index in [-0.39, 0.29) is 24.4 Å². The van der Waals surface area contributed by atoms with Gasteiger partial charge in [-0.05, 0) is 39.5 Å². The Morgan fingerprint density at radius 3 is 2.53 bits per heavy atom. The number of aromatic nitrogens is 4. The molecule has 1 atom stereocenters. The lowest BCUT2D eigenvalue weighted by Crippen LogP contribution is -2.44. The number of carbonyl (C=O) groups is 1. The number of nitrogens with two attached hydrogens (primary N) is 1. The maximum absolute atomic E-state index is 14.0. The highest BCUT2D eigenvalue weighted by molar-refractivity contribution is 5.96. The van der Waals surface area contributed by atoms with E-state index < -0.39 is 11.2 Å². The van der Waals surface area contributed by atoms with Gasteiger partial charge in [-0.15, -0.1) is 0 Å². The molecule has 3 aromatic rings. The molecule has 0 amide bonds. The Kier molecular flexibility index (Phi) is 7.62. The summed E-state index contributed by atoms with van der Waals surface area (Å²) in [5.74, 6) is 0.345. The molecule has 2 aliphatic heterocycles. The lowest BCUT2D eigenvalue weighted by Gasteiger charge is -2.31. The minimum Gasteiger partial charge on any atom is -0.381 e. The molecule has 0 saturated carbocycles. The number of hydrogen-bond acceptors (Lipinski definition) is 7. The Morgan fingerprint density at radius 2 is 1.84 bits per heavy atom. The molecule has 0 spiro atoms. The van der Waals surface area contributed by atoms with Gasteiger partial charge in [0.2, 0.25) is 5.95 Å². The molecule has 10 nitrogen and oxygen atoms in total. The van der Waals surface area contributed by atoms with Crippen LogP contribution in [0.1, 0.15) is 55.9 Å². The van der Waals surface area contributed by atoms with Crippen LogP contribution < -0.4 is 21.9 Å². The molecule has 38 heavy (non-hydrogen) atoms. The predicted octanol–water partition coefficient (Wildman–Crippen LogP) is 2.49. The summed E-state index contributed by atoms with van der Waals surface area (Å²) < 4.78 is 10.2. The van der Waals surface area contributed by atoms with Crippen molar-refractivity contribution in [3.8, 4) is 0 Å². The van der Waals surface area contributed by atoms with Crippen molar-refractivity contribution in [2.75, 3.05) is 31.2 Å². The molecule has 10 heteroatoms. The second-order valence-corrected chi connectivity index (χ2v) is 10.5. The first-order chi connectivity index (χ1) is 18.3. The van der Waals surface area contributed by atoms with Crippen LogP contribution in [0, 0.1) is 0 Å². The van der Waals surface area contributed by atoms with Crippen molar-refractivity contribution in [2.45, 2.75) is 64.7 Å². The van der Waals surface area contributed by atoms with Crippen LogP contribution in [0.4, 0.5) is 5.95 Å². The third-order valence-electron chi connectivity index (χ3n) is 7.42. The van der Waals surface area contributed by atoms with Crippen molar-refractivity contribution in [2.24, 2.45) is 5.73 Å². The number of benzene rings is 1. The number of nitrogens with zero attached hydrogens (tertiary/aromatic N) is 5. The molecule has 0 radical (unpaired) electrons. The Hall–Kier alpha value is -3.50. The summed E-state index contributed by atoms with van der Waals surface area (Å²) in [7, 11) is 0. The van der Waals surface area contributed by atoms with Crippen LogP contribution in [-0.2, 0) is 17.8 Å². The molecule has 2 saturated heterocycles. The van der Waals surface area contributed by atoms with Gasteiger partial charge in [-0.25, -0.2) is 4.79 Å². The number of ketones is 1. The van der Waals surface area contributed by atoms with Crippen molar-refractivity contribution in [1.29, 1.82) is 0 Å². The lowest BCUT2D eigenvalue weighted by atomic mass is 10.1. The van der Waals surface area contributed by atoms with Crippen LogP contribution >= 0.6 is 0 Å². The zero-order valence-electron chi connectivity index (χ0n) is 22.1. The van der Waals surface area contributed by atoms with Crippen molar-refractivity contribution in [1.82, 2.24) is 18.7 Å². The number of Topliss-reactive ketones (excluding diaryl/α,β-unsaturated/α-hetero) is 1. The molecule has 2 aromatic heterocycles. The van der Waals surface area contributed by atoms with Gasteiger partial charge >= 0.3 is 5.69 Å². The zero-order valence-corrected chi connectivity index (χ0v) is 22.1. The molecule has 202 valence electrons. The Bertz CT molecular complexity index is 1460. The maximum Gasteiger partial charge on any atom is 0.333 e. The Labute approximate surface area is 221 Å². The third-order valence-corrected chi connectivity index (χ3v) is 7.42. The minimum atomic E-state index is -0.507. The first kappa shape index (κ1) is 26.1. The second kappa shape index (κ2) is 11.1. The molecule has 0 bridgehead atoms. The molecule has 0 aliphatic carbocycles. The number of fused-ring (bicyclic) bond motifs is 1. The van der Waals surface area contributed by atoms with Gasteiger partial charge in [0.05, 0.1) is 6.54 Å². The number of imidazole rings is 1. The van der Waals surface area contributed by atoms with E-state index in [0.717, 1.165) is 29.5 Å². The van der Waals surface area contributed by atoms with Gasteiger partial charge in [-0.2, -0.15) is 4.98 Å². The standard InChI is InChI=1S/C28H36N6O4/c1-19(2)10-14-32-24-25(30-27(32)31-13-6-9-21(29)17-31)34(22-11-15-38-16-12-22)28(37)33(26(24)36)18-23(35)20-7-4-3-5-8-20/h3-5,7-8,10,21-22H,6,9,11-18,29H2,1-2H3. The van der Waals surface area contributed by atoms with Crippen LogP contribution in [0.15, 0.2) is 51.6 Å². The van der Waals surface area contributed by atoms with Gasteiger partial charge in [0.1, 0.15) is 0 Å². The second-order valence-electron chi connectivity index (χ2n) is 10.5. The lowest BCUT2D eigenvalue weighted by molar-refractivity contribution is 0.0688. The van der Waals surface area contributed by atoms with E-state index in [9.17, 15) is 14.4 Å². The SMILES string of the molecule is CC(C)=CCn1c(N2CCCC(N)C2)nc2c1c(=O)n(CC(=O)c1ccccc1)c(=O)n2C1CCOCC1. The van der Waals surface area contributed by atoms with Gasteiger partial charge in [-0.3, -0.25) is 18.7 Å². The monoisotopic (exact) mass is 520 g/mol. The first-order valence-corrected chi connectivity index (χ1v) is 13.4. The van der Waals surface area contributed by atoms with Crippen LogP contribution in [-0.4, -0.2) is 56.8 Å². The molecule has 4 heterocycles. The summed E-state index contributed by atoms with van der Waals surface area (Å²) in [6.45, 7) is 6.54. The van der Waals surface area contributed by atoms with Crippen molar-refractivity contribution in [3.63, 3.8) is 0 Å². The third kappa shape index (κ3) is 5.10. The summed E-state index contributed by atoms with van der Waals surface area (Å²) in [6.07, 6.45) is 5.16. The van der Waals surface area contributed by atoms with Gasteiger partial charge in [0.15, 0.2) is 16.9 Å². The first-order valence-electron chi connectivity index (χ1n) is 13.4. The summed E-state index contributed by atoms with van der Waals surface area (Å²) >= 11 is 0. The highest BCUT2D eigenvalue weighted by atomic mass is 16.5. The number of ether oxygens (including phenoxy) is 1. The van der Waals surface area contributed by atoms with Crippen molar-refractivity contribution >= 4 is 22.9 Å². The summed E-state index contributed by atoms with van der Waals surface area (Å²) in [4.78, 5) is 48.2. The van der Waals surface area contributed by atoms with Crippen LogP contribution in [0.2, 0.25) is 0 Å². The van der Waals surface area contributed by atoms with E-state index in [4.69, 9.17) is 15.5 Å². The molecule has 5 rings (SSSR count). The fourth-order valence-corrected chi connectivity index (χ4v) is 5.39. The largest absolute Gasteiger partial charge is 0.381 e. The quantitative estimate of drug-likeness (QED) is 0.376. The molecular formula is C28H36N6O4. The zero-order chi connectivity index (χ0) is 26.8. The van der Waals surface area contributed by atoms with Crippen molar-refractivity contribution < 1.29 is 9.53 Å². The van der Waals surface area contributed by atoms with Crippen molar-refractivity contribution in [3.05, 3.63) is 68.4 Å². The maximum atomic E-state index is 14.0. The minimum absolute atomic E-state index is 0.0123. The molecule has 1 unspecified atom stereocenters. The summed E-state index contributed by atoms with van der Waals surface area (Å²) in [6, 6.07) is 8.58. The van der Waals surface area contributed by atoms with E-state index in [1.165, 1.54) is 0 Å². The Morgan fingerprint density at radius 1 is 1.11 bits per heavy atom. The molecule has 2 aliphatic rings. The van der Waals surface area contributed by atoms with E-state index in [1.807, 2.05) is 30.6 Å². The van der Waals surface area contributed by atoms with Gasteiger partial charge in [0.25, 0.3) is 5.56 Å². The summed E-state index contributed by atoms with van der Waals surface area (Å²) in [5.41, 5.74) is 7.56. The molecule has 2 N–H and O–H groups in total. The smallest absolute Gasteiger partial charge is 0.333 e.